The fourth-order valence-electron chi connectivity index (χ4n) is 6.97. The van der Waals surface area contributed by atoms with Crippen molar-refractivity contribution in [1.29, 1.82) is 0 Å². The van der Waals surface area contributed by atoms with Crippen LogP contribution in [0.2, 0.25) is 0 Å². The lowest BCUT2D eigenvalue weighted by Crippen LogP contribution is -2.12. The summed E-state index contributed by atoms with van der Waals surface area (Å²) in [5.74, 6) is 2.09. The standard InChI is InChI=1S/C46H41N3OS/c1-45(2,3)30-16-18-34(38(26-30)29-12-8-7-9-13-29)33-20-22-41(51)44-37(33)21-23-43(48-44)50-32-17-19-36-35-14-10-11-15-39(35)49(40(36)28-32)42-27-31(24-25-47-42)46(4,5)6/h7-28,51H,1-6H3. The lowest BCUT2D eigenvalue weighted by atomic mass is 9.82. The van der Waals surface area contributed by atoms with E-state index in [-0.39, 0.29) is 10.8 Å². The Bertz CT molecular complexity index is 2590. The molecule has 5 aromatic carbocycles. The maximum atomic E-state index is 6.53. The maximum absolute atomic E-state index is 6.53. The summed E-state index contributed by atoms with van der Waals surface area (Å²) in [5, 5.41) is 3.33. The molecule has 252 valence electrons. The molecule has 5 heteroatoms. The molecule has 0 aliphatic carbocycles. The molecule has 0 N–H and O–H groups in total. The lowest BCUT2D eigenvalue weighted by Gasteiger charge is -2.22. The summed E-state index contributed by atoms with van der Waals surface area (Å²) in [7, 11) is 0. The van der Waals surface area contributed by atoms with Gasteiger partial charge in [0.2, 0.25) is 5.88 Å². The van der Waals surface area contributed by atoms with Gasteiger partial charge in [-0.15, -0.1) is 12.6 Å². The highest BCUT2D eigenvalue weighted by Crippen LogP contribution is 2.41. The summed E-state index contributed by atoms with van der Waals surface area (Å²) in [6.45, 7) is 13.4. The first-order chi connectivity index (χ1) is 24.5. The van der Waals surface area contributed by atoms with Gasteiger partial charge in [0.05, 0.1) is 16.6 Å². The third kappa shape index (κ3) is 6.06. The highest BCUT2D eigenvalue weighted by Gasteiger charge is 2.21. The minimum atomic E-state index is -0.00280. The molecule has 0 saturated heterocycles. The number of nitrogens with zero attached hydrogens (tertiary/aromatic N) is 3. The fourth-order valence-corrected chi connectivity index (χ4v) is 7.21. The highest BCUT2D eigenvalue weighted by atomic mass is 32.1. The molecule has 0 bridgehead atoms. The Morgan fingerprint density at radius 1 is 0.569 bits per heavy atom. The monoisotopic (exact) mass is 683 g/mol. The molecule has 0 saturated carbocycles. The van der Waals surface area contributed by atoms with Crippen molar-refractivity contribution >= 4 is 45.3 Å². The number of aromatic nitrogens is 3. The van der Waals surface area contributed by atoms with Crippen LogP contribution in [0.15, 0.2) is 138 Å². The summed E-state index contributed by atoms with van der Waals surface area (Å²) < 4.78 is 8.76. The third-order valence-electron chi connectivity index (χ3n) is 9.78. The average molecular weight is 684 g/mol. The van der Waals surface area contributed by atoms with Crippen molar-refractivity contribution < 1.29 is 4.74 Å². The molecule has 4 nitrogen and oxygen atoms in total. The predicted octanol–water partition coefficient (Wildman–Crippen LogP) is 12.7. The van der Waals surface area contributed by atoms with Gasteiger partial charge in [0.15, 0.2) is 0 Å². The van der Waals surface area contributed by atoms with E-state index in [9.17, 15) is 0 Å². The van der Waals surface area contributed by atoms with Gasteiger partial charge >= 0.3 is 0 Å². The van der Waals surface area contributed by atoms with E-state index >= 15 is 0 Å². The number of hydrogen-bond acceptors (Lipinski definition) is 4. The van der Waals surface area contributed by atoms with Crippen molar-refractivity contribution in [2.24, 2.45) is 0 Å². The molecule has 51 heavy (non-hydrogen) atoms. The van der Waals surface area contributed by atoms with Crippen LogP contribution in [0.1, 0.15) is 52.7 Å². The van der Waals surface area contributed by atoms with E-state index in [2.05, 4.69) is 155 Å². The molecule has 8 aromatic rings. The van der Waals surface area contributed by atoms with Crippen molar-refractivity contribution in [2.45, 2.75) is 57.3 Å². The average Bonchev–Trinajstić information content (AvgIpc) is 3.45. The van der Waals surface area contributed by atoms with Crippen LogP contribution in [0, 0.1) is 0 Å². The Hall–Kier alpha value is -5.39. The first-order valence-corrected chi connectivity index (χ1v) is 17.9. The summed E-state index contributed by atoms with van der Waals surface area (Å²) in [4.78, 5) is 10.7. The molecule has 0 aliphatic rings. The molecule has 0 spiro atoms. The predicted molar refractivity (Wildman–Crippen MR) is 216 cm³/mol. The Morgan fingerprint density at radius 3 is 2.04 bits per heavy atom. The van der Waals surface area contributed by atoms with E-state index < -0.39 is 0 Å². The Labute approximate surface area is 305 Å². The third-order valence-corrected chi connectivity index (χ3v) is 10.1. The van der Waals surface area contributed by atoms with Gasteiger partial charge in [-0.1, -0.05) is 114 Å². The van der Waals surface area contributed by atoms with E-state index in [0.29, 0.717) is 11.6 Å². The van der Waals surface area contributed by atoms with Crippen LogP contribution in [0.4, 0.5) is 0 Å². The normalized spacial score (nSPS) is 12.2. The topological polar surface area (TPSA) is 39.9 Å². The van der Waals surface area contributed by atoms with Gasteiger partial charge in [0.1, 0.15) is 11.6 Å². The number of para-hydroxylation sites is 1. The minimum absolute atomic E-state index is 0.00280. The van der Waals surface area contributed by atoms with Gasteiger partial charge in [-0.25, -0.2) is 9.97 Å². The number of benzene rings is 5. The molecule has 0 atom stereocenters. The second kappa shape index (κ2) is 12.4. The summed E-state index contributed by atoms with van der Waals surface area (Å²) in [6, 6.07) is 44.7. The second-order valence-corrected chi connectivity index (χ2v) is 15.8. The van der Waals surface area contributed by atoms with Crippen LogP contribution in [-0.4, -0.2) is 14.5 Å². The molecule has 3 aromatic heterocycles. The Kier molecular flexibility index (Phi) is 7.99. The van der Waals surface area contributed by atoms with Crippen molar-refractivity contribution in [1.82, 2.24) is 14.5 Å². The zero-order valence-electron chi connectivity index (χ0n) is 29.9. The molecule has 0 amide bonds. The number of fused-ring (bicyclic) bond motifs is 4. The van der Waals surface area contributed by atoms with E-state index in [1.165, 1.54) is 27.6 Å². The zero-order chi connectivity index (χ0) is 35.5. The Morgan fingerprint density at radius 2 is 1.25 bits per heavy atom. The number of thiol groups is 1. The van der Waals surface area contributed by atoms with Crippen LogP contribution < -0.4 is 4.74 Å². The van der Waals surface area contributed by atoms with Crippen molar-refractivity contribution in [2.75, 3.05) is 0 Å². The smallest absolute Gasteiger partial charge is 0.219 e. The first-order valence-electron chi connectivity index (χ1n) is 17.5. The van der Waals surface area contributed by atoms with Crippen LogP contribution in [0.25, 0.3) is 60.8 Å². The van der Waals surface area contributed by atoms with Gasteiger partial charge in [-0.3, -0.25) is 4.57 Å². The molecule has 0 fully saturated rings. The largest absolute Gasteiger partial charge is 0.439 e. The molecular formula is C46H41N3OS. The summed E-state index contributed by atoms with van der Waals surface area (Å²) >= 11 is 4.86. The van der Waals surface area contributed by atoms with Gasteiger partial charge < -0.3 is 4.74 Å². The second-order valence-electron chi connectivity index (χ2n) is 15.3. The zero-order valence-corrected chi connectivity index (χ0v) is 30.8. The highest BCUT2D eigenvalue weighted by molar-refractivity contribution is 7.80. The molecule has 3 heterocycles. The van der Waals surface area contributed by atoms with Crippen molar-refractivity contribution in [3.63, 3.8) is 0 Å². The lowest BCUT2D eigenvalue weighted by molar-refractivity contribution is 0.465. The van der Waals surface area contributed by atoms with E-state index in [1.54, 1.807) is 0 Å². The van der Waals surface area contributed by atoms with E-state index in [0.717, 1.165) is 49.2 Å². The van der Waals surface area contributed by atoms with Crippen molar-refractivity contribution in [3.05, 3.63) is 145 Å². The SMILES string of the molecule is CC(C)(C)c1ccnc(-n2c3ccccc3c3ccc(Oc4ccc5c(-c6ccc(C(C)(C)C)cc6-c6ccccc6)ccc(S)c5n4)cc32)c1. The quantitative estimate of drug-likeness (QED) is 0.184. The van der Waals surface area contributed by atoms with Gasteiger partial charge in [-0.2, -0.15) is 0 Å². The van der Waals surface area contributed by atoms with Gasteiger partial charge in [0.25, 0.3) is 0 Å². The van der Waals surface area contributed by atoms with E-state index in [4.69, 9.17) is 27.3 Å². The van der Waals surface area contributed by atoms with Crippen LogP contribution in [0.3, 0.4) is 0 Å². The van der Waals surface area contributed by atoms with Crippen LogP contribution in [-0.2, 0) is 10.8 Å². The number of pyridine rings is 2. The molecule has 0 radical (unpaired) electrons. The number of ether oxygens (including phenoxy) is 1. The first kappa shape index (κ1) is 32.8. The van der Waals surface area contributed by atoms with Crippen LogP contribution in [0.5, 0.6) is 11.6 Å². The Balaban J connectivity index is 1.22. The summed E-state index contributed by atoms with van der Waals surface area (Å²) in [5.41, 5.74) is 10.1. The molecular weight excluding hydrogens is 643 g/mol. The van der Waals surface area contributed by atoms with E-state index in [1.807, 2.05) is 24.4 Å². The van der Waals surface area contributed by atoms with Gasteiger partial charge in [0, 0.05) is 39.4 Å². The minimum Gasteiger partial charge on any atom is -0.439 e. The maximum Gasteiger partial charge on any atom is 0.219 e. The van der Waals surface area contributed by atoms with Gasteiger partial charge in [-0.05, 0) is 86.7 Å². The molecule has 8 rings (SSSR count). The number of hydrogen-bond donors (Lipinski definition) is 1. The number of rotatable bonds is 5. The molecule has 0 aliphatic heterocycles. The van der Waals surface area contributed by atoms with Crippen LogP contribution >= 0.6 is 12.6 Å². The van der Waals surface area contributed by atoms with Crippen molar-refractivity contribution in [3.8, 4) is 39.7 Å². The summed E-state index contributed by atoms with van der Waals surface area (Å²) in [6.07, 6.45) is 1.90. The fraction of sp³-hybridized carbons (Fsp3) is 0.174. The molecule has 0 unspecified atom stereocenters.